The van der Waals surface area contributed by atoms with E-state index in [2.05, 4.69) is 15.0 Å². The lowest BCUT2D eigenvalue weighted by Crippen LogP contribution is -2.52. The fourth-order valence-electron chi connectivity index (χ4n) is 2.69. The second-order valence-electron chi connectivity index (χ2n) is 5.70. The fourth-order valence-corrected chi connectivity index (χ4v) is 3.69. The van der Waals surface area contributed by atoms with E-state index in [4.69, 9.17) is 0 Å². The van der Waals surface area contributed by atoms with Crippen molar-refractivity contribution >= 4 is 17.2 Å². The minimum Gasteiger partial charge on any atom is -0.351 e. The highest BCUT2D eigenvalue weighted by Gasteiger charge is 2.39. The van der Waals surface area contributed by atoms with E-state index in [0.717, 1.165) is 24.4 Å². The summed E-state index contributed by atoms with van der Waals surface area (Å²) in [7, 11) is 0. The number of piperazine rings is 1. The Kier molecular flexibility index (Phi) is 4.39. The molecular weight excluding hydrogens is 343 g/mol. The van der Waals surface area contributed by atoms with Crippen molar-refractivity contribution in [3.8, 4) is 10.6 Å². The fraction of sp³-hybridized carbons (Fsp3) is 0.467. The molecule has 2 aromatic rings. The number of nitrogens with one attached hydrogen (secondary N) is 1. The molecule has 0 spiro atoms. The van der Waals surface area contributed by atoms with E-state index >= 15 is 0 Å². The van der Waals surface area contributed by atoms with Gasteiger partial charge in [0, 0.05) is 31.2 Å². The van der Waals surface area contributed by atoms with E-state index in [1.807, 2.05) is 6.92 Å². The summed E-state index contributed by atoms with van der Waals surface area (Å²) in [6.07, 6.45) is -4.58. The first-order chi connectivity index (χ1) is 11.3. The Labute approximate surface area is 140 Å². The lowest BCUT2D eigenvalue weighted by atomic mass is 10.2. The summed E-state index contributed by atoms with van der Waals surface area (Å²) >= 11 is 1.13. The van der Waals surface area contributed by atoms with Gasteiger partial charge in [-0.25, -0.2) is 0 Å². The zero-order valence-electron chi connectivity index (χ0n) is 13.1. The number of carbonyl (C=O) groups is 1. The van der Waals surface area contributed by atoms with E-state index < -0.39 is 11.9 Å². The lowest BCUT2D eigenvalue weighted by molar-refractivity contribution is -0.156. The molecule has 5 nitrogen and oxygen atoms in total. The Morgan fingerprint density at radius 3 is 2.83 bits per heavy atom. The van der Waals surface area contributed by atoms with Crippen LogP contribution in [0.2, 0.25) is 0 Å². The number of hydrogen-bond donors (Lipinski definition) is 1. The summed E-state index contributed by atoms with van der Waals surface area (Å²) in [6.45, 7) is 5.33. The molecule has 1 aliphatic heterocycles. The smallest absolute Gasteiger partial charge is 0.351 e. The molecule has 9 heteroatoms. The van der Waals surface area contributed by atoms with Gasteiger partial charge in [-0.3, -0.25) is 4.79 Å². The van der Waals surface area contributed by atoms with Crippen LogP contribution in [-0.2, 0) is 6.18 Å². The minimum atomic E-state index is -4.58. The quantitative estimate of drug-likeness (QED) is 0.895. The second kappa shape index (κ2) is 6.21. The van der Waals surface area contributed by atoms with Crippen LogP contribution in [0.25, 0.3) is 10.6 Å². The van der Waals surface area contributed by atoms with Gasteiger partial charge in [0.05, 0.1) is 9.75 Å². The first-order valence-corrected chi connectivity index (χ1v) is 8.26. The molecule has 0 radical (unpaired) electrons. The zero-order chi connectivity index (χ0) is 17.5. The first-order valence-electron chi connectivity index (χ1n) is 7.44. The maximum Gasteiger partial charge on any atom is 0.452 e. The first kappa shape index (κ1) is 17.0. The predicted octanol–water partition coefficient (Wildman–Crippen LogP) is 3.16. The third-order valence-electron chi connectivity index (χ3n) is 3.99. The molecule has 0 aromatic carbocycles. The van der Waals surface area contributed by atoms with E-state index in [0.29, 0.717) is 16.3 Å². The molecule has 3 heterocycles. The topological polar surface area (TPSA) is 58.4 Å². The standard InChI is InChI=1S/C15H16F3N3O2S/c1-8-7-19-5-6-21(8)14(22)11-4-3-10(24-11)12-9(2)13(23-20-12)15(16,17)18/h3-4,8,19H,5-7H2,1-2H3/t8-/m0/s1. The van der Waals surface area contributed by atoms with E-state index in [1.54, 1.807) is 17.0 Å². The summed E-state index contributed by atoms with van der Waals surface area (Å²) < 4.78 is 42.8. The molecule has 1 atom stereocenters. The lowest BCUT2D eigenvalue weighted by Gasteiger charge is -2.33. The van der Waals surface area contributed by atoms with Gasteiger partial charge in [-0.1, -0.05) is 5.16 Å². The molecule has 1 aliphatic rings. The number of alkyl halides is 3. The Morgan fingerprint density at radius 1 is 1.46 bits per heavy atom. The monoisotopic (exact) mass is 359 g/mol. The number of carbonyl (C=O) groups excluding carboxylic acids is 1. The van der Waals surface area contributed by atoms with Gasteiger partial charge in [-0.2, -0.15) is 13.2 Å². The second-order valence-corrected chi connectivity index (χ2v) is 6.78. The van der Waals surface area contributed by atoms with Crippen molar-refractivity contribution in [2.75, 3.05) is 19.6 Å². The van der Waals surface area contributed by atoms with Crippen LogP contribution >= 0.6 is 11.3 Å². The average Bonchev–Trinajstić information content (AvgIpc) is 3.12. The molecule has 0 aliphatic carbocycles. The number of thiophene rings is 1. The molecule has 1 fully saturated rings. The van der Waals surface area contributed by atoms with E-state index in [9.17, 15) is 18.0 Å². The SMILES string of the molecule is Cc1c(-c2ccc(C(=O)N3CCNC[C@@H]3C)s2)noc1C(F)(F)F. The summed E-state index contributed by atoms with van der Waals surface area (Å²) in [5, 5.41) is 6.74. The largest absolute Gasteiger partial charge is 0.452 e. The maximum atomic E-state index is 12.8. The minimum absolute atomic E-state index is 0.0705. The summed E-state index contributed by atoms with van der Waals surface area (Å²) in [6, 6.07) is 3.30. The van der Waals surface area contributed by atoms with E-state index in [1.165, 1.54) is 6.92 Å². The van der Waals surface area contributed by atoms with Crippen molar-refractivity contribution in [2.45, 2.75) is 26.1 Å². The van der Waals surface area contributed by atoms with Crippen molar-refractivity contribution < 1.29 is 22.5 Å². The van der Waals surface area contributed by atoms with Gasteiger partial charge in [0.25, 0.3) is 5.91 Å². The van der Waals surface area contributed by atoms with E-state index in [-0.39, 0.29) is 23.2 Å². The number of amides is 1. The Hall–Kier alpha value is -1.87. The van der Waals surface area contributed by atoms with Crippen LogP contribution in [0.4, 0.5) is 13.2 Å². The normalized spacial score (nSPS) is 18.9. The van der Waals surface area contributed by atoms with Crippen molar-refractivity contribution in [3.05, 3.63) is 28.3 Å². The van der Waals surface area contributed by atoms with Gasteiger partial charge in [0.15, 0.2) is 0 Å². The van der Waals surface area contributed by atoms with Crippen LogP contribution in [0.3, 0.4) is 0 Å². The third-order valence-corrected chi connectivity index (χ3v) is 5.07. The highest BCUT2D eigenvalue weighted by atomic mass is 32.1. The highest BCUT2D eigenvalue weighted by molar-refractivity contribution is 7.17. The van der Waals surface area contributed by atoms with Crippen LogP contribution < -0.4 is 5.32 Å². The Morgan fingerprint density at radius 2 is 2.21 bits per heavy atom. The Bertz CT molecular complexity index is 753. The molecular formula is C15H16F3N3O2S. The molecule has 1 amide bonds. The summed E-state index contributed by atoms with van der Waals surface area (Å²) in [4.78, 5) is 15.3. The number of nitrogens with zero attached hydrogens (tertiary/aromatic N) is 2. The highest BCUT2D eigenvalue weighted by Crippen LogP contribution is 2.38. The van der Waals surface area contributed by atoms with Crippen molar-refractivity contribution in [1.29, 1.82) is 0 Å². The number of rotatable bonds is 2. The van der Waals surface area contributed by atoms with Crippen LogP contribution in [0.1, 0.15) is 27.9 Å². The molecule has 1 saturated heterocycles. The molecule has 0 bridgehead atoms. The van der Waals surface area contributed by atoms with Crippen molar-refractivity contribution in [3.63, 3.8) is 0 Å². The van der Waals surface area contributed by atoms with Gasteiger partial charge in [0.1, 0.15) is 5.69 Å². The number of halogens is 3. The van der Waals surface area contributed by atoms with Crippen LogP contribution in [0, 0.1) is 6.92 Å². The van der Waals surface area contributed by atoms with Crippen molar-refractivity contribution in [1.82, 2.24) is 15.4 Å². The van der Waals surface area contributed by atoms with Crippen molar-refractivity contribution in [2.24, 2.45) is 0 Å². The van der Waals surface area contributed by atoms with Gasteiger partial charge in [-0.15, -0.1) is 11.3 Å². The molecule has 1 N–H and O–H groups in total. The zero-order valence-corrected chi connectivity index (χ0v) is 13.9. The van der Waals surface area contributed by atoms with Gasteiger partial charge in [-0.05, 0) is 26.0 Å². The predicted molar refractivity (Wildman–Crippen MR) is 82.9 cm³/mol. The Balaban J connectivity index is 1.86. The van der Waals surface area contributed by atoms with Crippen LogP contribution in [-0.4, -0.2) is 41.6 Å². The van der Waals surface area contributed by atoms with Crippen LogP contribution in [0.15, 0.2) is 16.7 Å². The van der Waals surface area contributed by atoms with Crippen LogP contribution in [0.5, 0.6) is 0 Å². The molecule has 130 valence electrons. The molecule has 24 heavy (non-hydrogen) atoms. The average molecular weight is 359 g/mol. The molecule has 0 unspecified atom stereocenters. The van der Waals surface area contributed by atoms with Gasteiger partial charge in [0.2, 0.25) is 5.76 Å². The summed E-state index contributed by atoms with van der Waals surface area (Å²) in [5.41, 5.74) is 0.0543. The van der Waals surface area contributed by atoms with Gasteiger partial charge >= 0.3 is 6.18 Å². The number of hydrogen-bond acceptors (Lipinski definition) is 5. The number of aromatic nitrogens is 1. The molecule has 0 saturated carbocycles. The summed E-state index contributed by atoms with van der Waals surface area (Å²) in [5.74, 6) is -1.22. The molecule has 2 aromatic heterocycles. The van der Waals surface area contributed by atoms with Gasteiger partial charge < -0.3 is 14.7 Å². The molecule has 3 rings (SSSR count). The third kappa shape index (κ3) is 3.05. The maximum absolute atomic E-state index is 12.8.